The third-order valence-corrected chi connectivity index (χ3v) is 16.4. The zero-order valence-electron chi connectivity index (χ0n) is 28.4. The Morgan fingerprint density at radius 1 is 0.913 bits per heavy atom. The second kappa shape index (κ2) is 13.3. The average molecular weight is 701 g/mol. The summed E-state index contributed by atoms with van der Waals surface area (Å²) in [5, 5.41) is 13.7. The van der Waals surface area contributed by atoms with Crippen LogP contribution in [0.3, 0.4) is 0 Å². The molecule has 3 aromatic carbocycles. The van der Waals surface area contributed by atoms with E-state index in [0.717, 1.165) is 55.4 Å². The van der Waals surface area contributed by atoms with Crippen LogP contribution in [0.15, 0.2) is 83.7 Å². The summed E-state index contributed by atoms with van der Waals surface area (Å²) >= 11 is 3.68. The molecule has 1 N–H and O–H groups in total. The zero-order valence-corrected chi connectivity index (χ0v) is 31.0. The minimum atomic E-state index is -2.16. The normalized spacial score (nSPS) is 13.5. The lowest BCUT2D eigenvalue weighted by atomic mass is 9.82. The zero-order chi connectivity index (χ0) is 33.4. The van der Waals surface area contributed by atoms with Crippen molar-refractivity contribution in [3.05, 3.63) is 106 Å². The van der Waals surface area contributed by atoms with E-state index in [1.165, 1.54) is 0 Å². The average Bonchev–Trinajstić information content (AvgIpc) is 3.48. The van der Waals surface area contributed by atoms with Crippen LogP contribution in [0, 0.1) is 0 Å². The lowest BCUT2D eigenvalue weighted by molar-refractivity contribution is 0.117. The van der Waals surface area contributed by atoms with Crippen LogP contribution in [0.2, 0.25) is 16.6 Å². The Morgan fingerprint density at radius 2 is 1.59 bits per heavy atom. The van der Waals surface area contributed by atoms with Crippen molar-refractivity contribution in [2.24, 2.45) is 7.05 Å². The summed E-state index contributed by atoms with van der Waals surface area (Å²) < 4.78 is 15.6. The summed E-state index contributed by atoms with van der Waals surface area (Å²) in [4.78, 5) is 9.17. The van der Waals surface area contributed by atoms with Gasteiger partial charge in [-0.3, -0.25) is 0 Å². The number of fused-ring (bicyclic) bond motifs is 1. The van der Waals surface area contributed by atoms with Gasteiger partial charge in [-0.2, -0.15) is 0 Å². The predicted octanol–water partition coefficient (Wildman–Crippen LogP) is 9.81. The minimum Gasteiger partial charge on any atom is -0.543 e. The number of imidazole rings is 1. The van der Waals surface area contributed by atoms with E-state index < -0.39 is 13.9 Å². The monoisotopic (exact) mass is 699 g/mol. The molecule has 0 aliphatic rings. The number of halogens is 1. The number of hydrogen-bond acceptors (Lipinski definition) is 5. The molecule has 242 valence electrons. The van der Waals surface area contributed by atoms with E-state index in [-0.39, 0.29) is 0 Å². The molecule has 0 bridgehead atoms. The third kappa shape index (κ3) is 5.91. The summed E-state index contributed by atoms with van der Waals surface area (Å²) in [5.41, 5.74) is 5.91. The second-order valence-corrected chi connectivity index (χ2v) is 19.4. The van der Waals surface area contributed by atoms with E-state index in [0.29, 0.717) is 28.2 Å². The lowest BCUT2D eigenvalue weighted by Crippen LogP contribution is -2.50. The first kappa shape index (κ1) is 33.9. The fraction of sp³-hybridized carbons (Fsp3) is 0.368. The minimum absolute atomic E-state index is 0.456. The van der Waals surface area contributed by atoms with Crippen molar-refractivity contribution in [3.63, 3.8) is 0 Å². The summed E-state index contributed by atoms with van der Waals surface area (Å²) in [6.45, 7) is 15.9. The number of benzene rings is 3. The van der Waals surface area contributed by atoms with Crippen LogP contribution in [0.1, 0.15) is 70.9 Å². The number of rotatable bonds is 11. The molecular formula is C38H46BrN3O3Si. The highest BCUT2D eigenvalue weighted by Gasteiger charge is 2.47. The van der Waals surface area contributed by atoms with Gasteiger partial charge in [0.05, 0.1) is 30.8 Å². The van der Waals surface area contributed by atoms with E-state index in [1.807, 2.05) is 41.9 Å². The number of nitrogens with zero attached hydrogens (tertiary/aromatic N) is 3. The van der Waals surface area contributed by atoms with Crippen LogP contribution in [0.4, 0.5) is 0 Å². The highest BCUT2D eigenvalue weighted by molar-refractivity contribution is 9.10. The first-order valence-corrected chi connectivity index (χ1v) is 19.1. The van der Waals surface area contributed by atoms with Crippen molar-refractivity contribution in [2.75, 3.05) is 7.11 Å². The van der Waals surface area contributed by atoms with Gasteiger partial charge in [-0.15, -0.1) is 0 Å². The molecule has 5 rings (SSSR count). The Hall–Kier alpha value is -3.46. The Labute approximate surface area is 283 Å². The fourth-order valence-corrected chi connectivity index (χ4v) is 13.1. The Bertz CT molecular complexity index is 1830. The van der Waals surface area contributed by atoms with Gasteiger partial charge in [-0.25, -0.2) is 9.97 Å². The van der Waals surface area contributed by atoms with Gasteiger partial charge in [0, 0.05) is 23.0 Å². The standard InChI is InChI=1S/C38H46BrN3O3Si/c1-10-27-18-29(14-16-34(27)39)38(43,36-22-40-23-42(36)8)30-15-17-35-33(20-30)32(21-37(41-35)44-9)28-12-11-13-31(19-28)45-46(24(2)3,25(4)5)26(6)7/h11-26,43H,10H2,1-9H3. The molecule has 0 amide bonds. The van der Waals surface area contributed by atoms with E-state index in [1.54, 1.807) is 19.6 Å². The molecule has 0 aliphatic carbocycles. The van der Waals surface area contributed by atoms with E-state index in [2.05, 4.69) is 106 Å². The molecule has 1 atom stereocenters. The van der Waals surface area contributed by atoms with Crippen LogP contribution in [0.5, 0.6) is 11.6 Å². The molecule has 0 aliphatic heterocycles. The quantitative estimate of drug-likeness (QED) is 0.139. The molecule has 0 spiro atoms. The largest absolute Gasteiger partial charge is 0.543 e. The van der Waals surface area contributed by atoms with Crippen molar-refractivity contribution in [1.82, 2.24) is 14.5 Å². The maximum atomic E-state index is 12.8. The lowest BCUT2D eigenvalue weighted by Gasteiger charge is -2.42. The Balaban J connectivity index is 1.73. The van der Waals surface area contributed by atoms with Crippen LogP contribution in [-0.4, -0.2) is 35.1 Å². The molecule has 0 saturated heterocycles. The third-order valence-electron chi connectivity index (χ3n) is 9.59. The number of aliphatic hydroxyl groups is 1. The van der Waals surface area contributed by atoms with Gasteiger partial charge in [0.1, 0.15) is 5.75 Å². The number of ether oxygens (including phenoxy) is 1. The summed E-state index contributed by atoms with van der Waals surface area (Å²) in [7, 11) is 1.38. The topological polar surface area (TPSA) is 69.4 Å². The number of methoxy groups -OCH3 is 1. The van der Waals surface area contributed by atoms with Crippen molar-refractivity contribution < 1.29 is 14.3 Å². The maximum absolute atomic E-state index is 12.8. The summed E-state index contributed by atoms with van der Waals surface area (Å²) in [6.07, 6.45) is 4.29. The molecule has 2 aromatic heterocycles. The van der Waals surface area contributed by atoms with Crippen molar-refractivity contribution >= 4 is 35.2 Å². The number of hydrogen-bond donors (Lipinski definition) is 1. The van der Waals surface area contributed by atoms with Crippen molar-refractivity contribution in [2.45, 2.75) is 77.1 Å². The van der Waals surface area contributed by atoms with Crippen LogP contribution < -0.4 is 9.16 Å². The second-order valence-electron chi connectivity index (χ2n) is 13.2. The number of aromatic nitrogens is 3. The van der Waals surface area contributed by atoms with E-state index in [9.17, 15) is 5.11 Å². The molecule has 2 heterocycles. The van der Waals surface area contributed by atoms with Crippen molar-refractivity contribution in [3.8, 4) is 22.8 Å². The molecule has 0 saturated carbocycles. The summed E-state index contributed by atoms with van der Waals surface area (Å²) in [5.74, 6) is 1.41. The Kier molecular flexibility index (Phi) is 9.83. The van der Waals surface area contributed by atoms with Gasteiger partial charge in [-0.1, -0.05) is 94.7 Å². The maximum Gasteiger partial charge on any atom is 0.258 e. The Morgan fingerprint density at radius 3 is 2.20 bits per heavy atom. The van der Waals surface area contributed by atoms with Gasteiger partial charge in [-0.05, 0) is 81.2 Å². The summed E-state index contributed by atoms with van der Waals surface area (Å²) in [6, 6.07) is 22.4. The SMILES string of the molecule is CCc1cc(C(O)(c2ccc3nc(OC)cc(-c4cccc(O[Si](C(C)C)(C(C)C)C(C)C)c4)c3c2)c2cncn2C)ccc1Br. The number of pyridine rings is 1. The molecule has 46 heavy (non-hydrogen) atoms. The van der Waals surface area contributed by atoms with Gasteiger partial charge in [0.25, 0.3) is 8.32 Å². The molecule has 6 nitrogen and oxygen atoms in total. The van der Waals surface area contributed by atoms with Gasteiger partial charge in [0.15, 0.2) is 5.60 Å². The first-order valence-electron chi connectivity index (χ1n) is 16.1. The van der Waals surface area contributed by atoms with E-state index >= 15 is 0 Å². The van der Waals surface area contributed by atoms with Crippen molar-refractivity contribution in [1.29, 1.82) is 0 Å². The fourth-order valence-electron chi connectivity index (χ4n) is 7.29. The van der Waals surface area contributed by atoms with Crippen LogP contribution in [0.25, 0.3) is 22.0 Å². The smallest absolute Gasteiger partial charge is 0.258 e. The molecule has 0 radical (unpaired) electrons. The predicted molar refractivity (Wildman–Crippen MR) is 194 cm³/mol. The van der Waals surface area contributed by atoms with E-state index in [4.69, 9.17) is 14.1 Å². The molecule has 8 heteroatoms. The molecular weight excluding hydrogens is 654 g/mol. The molecule has 0 fully saturated rings. The van der Waals surface area contributed by atoms with Crippen LogP contribution >= 0.6 is 15.9 Å². The van der Waals surface area contributed by atoms with Crippen LogP contribution in [-0.2, 0) is 19.1 Å². The number of aryl methyl sites for hydroxylation is 2. The van der Waals surface area contributed by atoms with Gasteiger partial charge < -0.3 is 18.8 Å². The highest BCUT2D eigenvalue weighted by atomic mass is 79.9. The first-order chi connectivity index (χ1) is 21.9. The molecule has 1 unspecified atom stereocenters. The molecule has 5 aromatic rings. The van der Waals surface area contributed by atoms with Gasteiger partial charge in [0.2, 0.25) is 5.88 Å². The highest BCUT2D eigenvalue weighted by Crippen LogP contribution is 2.44. The van der Waals surface area contributed by atoms with Gasteiger partial charge >= 0.3 is 0 Å².